The number of imide groups is 1. The van der Waals surface area contributed by atoms with Crippen LogP contribution < -0.4 is 11.5 Å². The van der Waals surface area contributed by atoms with E-state index >= 15 is 0 Å². The molecule has 0 heterocycles. The van der Waals surface area contributed by atoms with Crippen molar-refractivity contribution in [1.29, 1.82) is 0 Å². The number of hydrogen-bond donors (Lipinski definition) is 2. The largest absolute Gasteiger partial charge is 0.351 e. The Morgan fingerprint density at radius 1 is 0.882 bits per heavy atom. The van der Waals surface area contributed by atoms with E-state index in [1.54, 1.807) is 0 Å². The minimum absolute atomic E-state index is 0.355. The number of primary amides is 2. The number of nitrogens with two attached hydrogens (primary N) is 2. The number of rotatable bonds is 1. The van der Waals surface area contributed by atoms with Gasteiger partial charge < -0.3 is 11.5 Å². The predicted molar refractivity (Wildman–Crippen MR) is 61.9 cm³/mol. The molecule has 0 aromatic heterocycles. The summed E-state index contributed by atoms with van der Waals surface area (Å²) in [5.74, 6) is 1.97. The van der Waals surface area contributed by atoms with Crippen LogP contribution in [0.1, 0.15) is 38.5 Å². The summed E-state index contributed by atoms with van der Waals surface area (Å²) in [6, 6.07) is -1.36. The smallest absolute Gasteiger partial charge is 0.323 e. The molecule has 0 atom stereocenters. The summed E-state index contributed by atoms with van der Waals surface area (Å²) in [7, 11) is 0. The van der Waals surface area contributed by atoms with Crippen molar-refractivity contribution in [2.75, 3.05) is 0 Å². The molecule has 4 amide bonds. The summed E-state index contributed by atoms with van der Waals surface area (Å²) in [4.78, 5) is 24.2. The molecule has 0 unspecified atom stereocenters. The van der Waals surface area contributed by atoms with E-state index in [2.05, 4.69) is 0 Å². The van der Waals surface area contributed by atoms with Gasteiger partial charge in [-0.25, -0.2) is 14.5 Å². The fourth-order valence-electron chi connectivity index (χ4n) is 4.91. The maximum atomic E-state index is 11.5. The minimum atomic E-state index is -0.681. The van der Waals surface area contributed by atoms with Crippen LogP contribution in [0, 0.1) is 17.8 Å². The number of carbonyl (C=O) groups excluding carboxylic acids is 2. The Bertz CT molecular complexity index is 331. The molecule has 0 spiro atoms. The molecule has 0 radical (unpaired) electrons. The molecule has 0 aliphatic heterocycles. The van der Waals surface area contributed by atoms with Crippen molar-refractivity contribution >= 4 is 12.1 Å². The number of nitrogens with zero attached hydrogens (tertiary/aromatic N) is 1. The van der Waals surface area contributed by atoms with Crippen LogP contribution in [0.25, 0.3) is 0 Å². The zero-order valence-electron chi connectivity index (χ0n) is 9.89. The van der Waals surface area contributed by atoms with Crippen LogP contribution in [0.15, 0.2) is 0 Å². The van der Waals surface area contributed by atoms with Crippen molar-refractivity contribution in [3.63, 3.8) is 0 Å². The molecule has 4 bridgehead atoms. The zero-order chi connectivity index (χ0) is 12.2. The number of amides is 4. The van der Waals surface area contributed by atoms with Gasteiger partial charge in [0.25, 0.3) is 0 Å². The first kappa shape index (κ1) is 10.9. The maximum Gasteiger partial charge on any atom is 0.323 e. The van der Waals surface area contributed by atoms with E-state index in [1.165, 1.54) is 19.3 Å². The van der Waals surface area contributed by atoms with Crippen molar-refractivity contribution in [3.8, 4) is 0 Å². The van der Waals surface area contributed by atoms with E-state index in [0.29, 0.717) is 17.8 Å². The molecule has 4 saturated carbocycles. The second-order valence-corrected chi connectivity index (χ2v) is 6.15. The minimum Gasteiger partial charge on any atom is -0.351 e. The van der Waals surface area contributed by atoms with E-state index in [0.717, 1.165) is 24.2 Å². The van der Waals surface area contributed by atoms with Crippen LogP contribution in [-0.4, -0.2) is 22.5 Å². The van der Waals surface area contributed by atoms with Gasteiger partial charge in [0.15, 0.2) is 0 Å². The first-order valence-electron chi connectivity index (χ1n) is 6.39. The highest BCUT2D eigenvalue weighted by Gasteiger charge is 2.55. The van der Waals surface area contributed by atoms with E-state index < -0.39 is 12.1 Å². The first-order chi connectivity index (χ1) is 8.00. The second kappa shape index (κ2) is 3.37. The molecule has 5 nitrogen and oxygen atoms in total. The van der Waals surface area contributed by atoms with Gasteiger partial charge in [0, 0.05) is 0 Å². The first-order valence-corrected chi connectivity index (χ1v) is 6.39. The average molecular weight is 237 g/mol. The normalized spacial score (nSPS) is 42.5. The van der Waals surface area contributed by atoms with Gasteiger partial charge in [-0.2, -0.15) is 0 Å². The van der Waals surface area contributed by atoms with Crippen LogP contribution in [0.4, 0.5) is 9.59 Å². The van der Waals surface area contributed by atoms with Crippen molar-refractivity contribution < 1.29 is 9.59 Å². The summed E-state index contributed by atoms with van der Waals surface area (Å²) in [6.07, 6.45) is 6.49. The number of hydrogen-bond acceptors (Lipinski definition) is 2. The lowest BCUT2D eigenvalue weighted by Crippen LogP contribution is -2.65. The van der Waals surface area contributed by atoms with Crippen molar-refractivity contribution in [1.82, 2.24) is 4.90 Å². The van der Waals surface area contributed by atoms with Crippen molar-refractivity contribution in [3.05, 3.63) is 0 Å². The van der Waals surface area contributed by atoms with Crippen LogP contribution in [0.3, 0.4) is 0 Å². The lowest BCUT2D eigenvalue weighted by atomic mass is 9.52. The number of urea groups is 2. The van der Waals surface area contributed by atoms with Gasteiger partial charge in [0.2, 0.25) is 0 Å². The van der Waals surface area contributed by atoms with Gasteiger partial charge in [-0.15, -0.1) is 0 Å². The third-order valence-electron chi connectivity index (χ3n) is 4.92. The van der Waals surface area contributed by atoms with Crippen molar-refractivity contribution in [2.24, 2.45) is 29.2 Å². The molecule has 4 fully saturated rings. The third-order valence-corrected chi connectivity index (χ3v) is 4.92. The molecule has 4 N–H and O–H groups in total. The van der Waals surface area contributed by atoms with Crippen LogP contribution in [0.2, 0.25) is 0 Å². The third kappa shape index (κ3) is 1.51. The molecule has 94 valence electrons. The molecule has 5 heteroatoms. The van der Waals surface area contributed by atoms with Gasteiger partial charge in [-0.3, -0.25) is 0 Å². The Hall–Kier alpha value is -1.26. The molecule has 0 aromatic carbocycles. The molecule has 0 saturated heterocycles. The quantitative estimate of drug-likeness (QED) is 0.722. The Balaban J connectivity index is 1.95. The summed E-state index contributed by atoms with van der Waals surface area (Å²) in [5, 5.41) is 0. The molecule has 4 rings (SSSR count). The number of carbonyl (C=O) groups is 2. The molecule has 4 aliphatic rings. The Labute approximate surface area is 100 Å². The summed E-state index contributed by atoms with van der Waals surface area (Å²) in [6.45, 7) is 0. The lowest BCUT2D eigenvalue weighted by molar-refractivity contribution is -0.0534. The van der Waals surface area contributed by atoms with Gasteiger partial charge in [-0.05, 0) is 56.3 Å². The summed E-state index contributed by atoms with van der Waals surface area (Å²) < 4.78 is 0. The van der Waals surface area contributed by atoms with E-state index in [9.17, 15) is 9.59 Å². The van der Waals surface area contributed by atoms with E-state index in [1.807, 2.05) is 0 Å². The Morgan fingerprint density at radius 3 is 1.53 bits per heavy atom. The second-order valence-electron chi connectivity index (χ2n) is 6.15. The zero-order valence-corrected chi connectivity index (χ0v) is 9.89. The summed E-state index contributed by atoms with van der Waals surface area (Å²) in [5.41, 5.74) is 10.3. The maximum absolute atomic E-state index is 11.5. The monoisotopic (exact) mass is 237 g/mol. The van der Waals surface area contributed by atoms with Gasteiger partial charge in [0.05, 0.1) is 5.54 Å². The van der Waals surface area contributed by atoms with Crippen LogP contribution in [0.5, 0.6) is 0 Å². The average Bonchev–Trinajstić information content (AvgIpc) is 2.11. The molecule has 4 aliphatic carbocycles. The highest BCUT2D eigenvalue weighted by Crippen LogP contribution is 2.57. The topological polar surface area (TPSA) is 89.4 Å². The van der Waals surface area contributed by atoms with Crippen LogP contribution in [-0.2, 0) is 0 Å². The highest BCUT2D eigenvalue weighted by atomic mass is 16.2. The SMILES string of the molecule is NC(=O)N(C(N)=O)C12CC3CC(CC(C3)C1)C2. The lowest BCUT2D eigenvalue weighted by Gasteiger charge is -2.59. The predicted octanol–water partition coefficient (Wildman–Crippen LogP) is 1.41. The molecule has 17 heavy (non-hydrogen) atoms. The van der Waals surface area contributed by atoms with E-state index in [-0.39, 0.29) is 5.54 Å². The fourth-order valence-corrected chi connectivity index (χ4v) is 4.91. The molecular formula is C12H19N3O2. The Morgan fingerprint density at radius 2 is 1.24 bits per heavy atom. The van der Waals surface area contributed by atoms with Gasteiger partial charge in [-0.1, -0.05) is 0 Å². The standard InChI is InChI=1S/C12H19N3O2/c13-10(16)15(11(14)17)12-4-7-1-8(5-12)3-9(2-7)6-12/h7-9H,1-6H2,(H2,13,16)(H2,14,17). The fraction of sp³-hybridized carbons (Fsp3) is 0.833. The van der Waals surface area contributed by atoms with Gasteiger partial charge in [0.1, 0.15) is 0 Å². The highest BCUT2D eigenvalue weighted by molar-refractivity contribution is 5.93. The molecule has 0 aromatic rings. The van der Waals surface area contributed by atoms with Crippen LogP contribution >= 0.6 is 0 Å². The summed E-state index contributed by atoms with van der Waals surface area (Å²) >= 11 is 0. The van der Waals surface area contributed by atoms with E-state index in [4.69, 9.17) is 11.5 Å². The Kier molecular flexibility index (Phi) is 2.15. The molecular weight excluding hydrogens is 218 g/mol. The van der Waals surface area contributed by atoms with Gasteiger partial charge >= 0.3 is 12.1 Å². The van der Waals surface area contributed by atoms with Crippen molar-refractivity contribution in [2.45, 2.75) is 44.1 Å².